The number of hydrogen-bond donors (Lipinski definition) is 1. The summed E-state index contributed by atoms with van der Waals surface area (Å²) in [5.41, 5.74) is 6.12. The first-order valence-corrected chi connectivity index (χ1v) is 4.46. The highest BCUT2D eigenvalue weighted by molar-refractivity contribution is 9.10. The summed E-state index contributed by atoms with van der Waals surface area (Å²) in [6.45, 7) is 0.189. The van der Waals surface area contributed by atoms with Crippen molar-refractivity contribution >= 4 is 15.9 Å². The fourth-order valence-electron chi connectivity index (χ4n) is 1.33. The molecule has 1 atom stereocenters. The Morgan fingerprint density at radius 2 is 2.23 bits per heavy atom. The zero-order valence-electron chi connectivity index (χ0n) is 6.48. The lowest BCUT2D eigenvalue weighted by molar-refractivity contribution is 0.314. The van der Waals surface area contributed by atoms with Gasteiger partial charge in [-0.05, 0) is 6.07 Å². The minimum Gasteiger partial charge on any atom is -0.488 e. The molecule has 13 heavy (non-hydrogen) atoms. The summed E-state index contributed by atoms with van der Waals surface area (Å²) >= 11 is 3.11. The van der Waals surface area contributed by atoms with Crippen molar-refractivity contribution in [3.8, 4) is 5.75 Å². The fraction of sp³-hybridized carbons (Fsp3) is 0.250. The first-order valence-electron chi connectivity index (χ1n) is 3.67. The molecule has 2 nitrogen and oxygen atoms in total. The van der Waals surface area contributed by atoms with E-state index in [2.05, 4.69) is 15.9 Å². The third-order valence-corrected chi connectivity index (χ3v) is 2.60. The highest BCUT2D eigenvalue weighted by Gasteiger charge is 2.28. The van der Waals surface area contributed by atoms with Gasteiger partial charge in [-0.25, -0.2) is 4.39 Å². The molecule has 0 spiro atoms. The van der Waals surface area contributed by atoms with Crippen molar-refractivity contribution in [3.63, 3.8) is 0 Å². The van der Waals surface area contributed by atoms with E-state index in [4.69, 9.17) is 10.5 Å². The summed E-state index contributed by atoms with van der Waals surface area (Å²) in [6, 6.07) is 0.669. The van der Waals surface area contributed by atoms with Gasteiger partial charge in [0.2, 0.25) is 5.82 Å². The number of ether oxygens (including phenoxy) is 1. The number of halogens is 3. The van der Waals surface area contributed by atoms with Crippen LogP contribution in [0.25, 0.3) is 0 Å². The molecule has 0 saturated heterocycles. The zero-order valence-corrected chi connectivity index (χ0v) is 8.07. The Bertz CT molecular complexity index is 370. The molecule has 2 N–H and O–H groups in total. The minimum atomic E-state index is -0.967. The van der Waals surface area contributed by atoms with Gasteiger partial charge in [0.1, 0.15) is 6.61 Å². The normalized spacial score (nSPS) is 19.8. The standard InChI is InChI=1S/C8H6BrF2NO/c9-3-1-4(10)7(11)8-6(3)5(12)2-13-8/h1,5H,2,12H2/t5-/m0/s1. The van der Waals surface area contributed by atoms with Crippen LogP contribution in [0.4, 0.5) is 8.78 Å². The van der Waals surface area contributed by atoms with Crippen molar-refractivity contribution in [1.29, 1.82) is 0 Å². The maximum absolute atomic E-state index is 13.1. The second-order valence-electron chi connectivity index (χ2n) is 2.81. The predicted octanol–water partition coefficient (Wildman–Crippen LogP) is 2.12. The van der Waals surface area contributed by atoms with E-state index in [0.29, 0.717) is 10.0 Å². The largest absolute Gasteiger partial charge is 0.488 e. The minimum absolute atomic E-state index is 0.0700. The van der Waals surface area contributed by atoms with Gasteiger partial charge in [0.15, 0.2) is 11.6 Å². The van der Waals surface area contributed by atoms with E-state index in [1.807, 2.05) is 0 Å². The molecule has 1 aromatic rings. The van der Waals surface area contributed by atoms with Crippen molar-refractivity contribution in [2.45, 2.75) is 6.04 Å². The molecule has 0 bridgehead atoms. The smallest absolute Gasteiger partial charge is 0.201 e. The van der Waals surface area contributed by atoms with Gasteiger partial charge in [-0.2, -0.15) is 4.39 Å². The second kappa shape index (κ2) is 2.92. The highest BCUT2D eigenvalue weighted by Crippen LogP contribution is 2.39. The molecule has 0 saturated carbocycles. The molecule has 0 aliphatic carbocycles. The molecular formula is C8H6BrF2NO. The summed E-state index contributed by atoms with van der Waals surface area (Å²) in [7, 11) is 0. The summed E-state index contributed by atoms with van der Waals surface area (Å²) in [4.78, 5) is 0. The molecule has 0 aromatic heterocycles. The molecule has 0 amide bonds. The number of benzene rings is 1. The topological polar surface area (TPSA) is 35.2 Å². The Morgan fingerprint density at radius 1 is 1.54 bits per heavy atom. The van der Waals surface area contributed by atoms with Crippen LogP contribution in [-0.2, 0) is 0 Å². The molecule has 1 heterocycles. The lowest BCUT2D eigenvalue weighted by Gasteiger charge is -2.05. The van der Waals surface area contributed by atoms with Gasteiger partial charge in [0.25, 0.3) is 0 Å². The summed E-state index contributed by atoms with van der Waals surface area (Å²) in [5.74, 6) is -1.97. The Balaban J connectivity index is 2.69. The van der Waals surface area contributed by atoms with E-state index < -0.39 is 11.6 Å². The Morgan fingerprint density at radius 3 is 2.92 bits per heavy atom. The van der Waals surface area contributed by atoms with E-state index in [-0.39, 0.29) is 18.4 Å². The van der Waals surface area contributed by atoms with E-state index >= 15 is 0 Å². The van der Waals surface area contributed by atoms with E-state index in [0.717, 1.165) is 6.07 Å². The van der Waals surface area contributed by atoms with Crippen LogP contribution in [0.3, 0.4) is 0 Å². The molecule has 5 heteroatoms. The van der Waals surface area contributed by atoms with Crippen LogP contribution in [0.2, 0.25) is 0 Å². The molecule has 2 rings (SSSR count). The lowest BCUT2D eigenvalue weighted by atomic mass is 10.1. The van der Waals surface area contributed by atoms with Gasteiger partial charge in [-0.3, -0.25) is 0 Å². The van der Waals surface area contributed by atoms with Crippen molar-refractivity contribution in [2.24, 2.45) is 5.73 Å². The molecular weight excluding hydrogens is 244 g/mol. The first-order chi connectivity index (χ1) is 6.11. The van der Waals surface area contributed by atoms with Crippen LogP contribution in [0.5, 0.6) is 5.75 Å². The fourth-order valence-corrected chi connectivity index (χ4v) is 2.01. The van der Waals surface area contributed by atoms with E-state index in [1.165, 1.54) is 0 Å². The number of nitrogens with two attached hydrogens (primary N) is 1. The van der Waals surface area contributed by atoms with Crippen molar-refractivity contribution < 1.29 is 13.5 Å². The number of rotatable bonds is 0. The zero-order chi connectivity index (χ0) is 9.59. The molecule has 1 aliphatic rings. The van der Waals surface area contributed by atoms with Crippen molar-refractivity contribution in [1.82, 2.24) is 0 Å². The molecule has 0 fully saturated rings. The van der Waals surface area contributed by atoms with Gasteiger partial charge < -0.3 is 10.5 Å². The monoisotopic (exact) mass is 249 g/mol. The summed E-state index contributed by atoms with van der Waals surface area (Å²) in [6.07, 6.45) is 0. The average Bonchev–Trinajstić information content (AvgIpc) is 2.44. The lowest BCUT2D eigenvalue weighted by Crippen LogP contribution is -2.11. The van der Waals surface area contributed by atoms with Gasteiger partial charge in [-0.1, -0.05) is 15.9 Å². The summed E-state index contributed by atoms with van der Waals surface area (Å²) < 4.78 is 31.3. The Labute approximate surface area is 81.8 Å². The van der Waals surface area contributed by atoms with Crippen LogP contribution in [0, 0.1) is 11.6 Å². The molecule has 1 aromatic carbocycles. The first kappa shape index (κ1) is 8.90. The quantitative estimate of drug-likeness (QED) is 0.716. The van der Waals surface area contributed by atoms with Crippen LogP contribution in [0.1, 0.15) is 11.6 Å². The van der Waals surface area contributed by atoms with Gasteiger partial charge in [0, 0.05) is 10.0 Å². The van der Waals surface area contributed by atoms with Gasteiger partial charge >= 0.3 is 0 Å². The van der Waals surface area contributed by atoms with Crippen LogP contribution < -0.4 is 10.5 Å². The maximum Gasteiger partial charge on any atom is 0.201 e. The van der Waals surface area contributed by atoms with Crippen LogP contribution >= 0.6 is 15.9 Å². The molecule has 0 unspecified atom stereocenters. The SMILES string of the molecule is N[C@H]1COc2c(F)c(F)cc(Br)c21. The van der Waals surface area contributed by atoms with Crippen molar-refractivity contribution in [3.05, 3.63) is 27.7 Å². The average molecular weight is 250 g/mol. The molecule has 1 aliphatic heterocycles. The third-order valence-electron chi connectivity index (χ3n) is 1.94. The Hall–Kier alpha value is -0.680. The van der Waals surface area contributed by atoms with Crippen LogP contribution in [0.15, 0.2) is 10.5 Å². The maximum atomic E-state index is 13.1. The van der Waals surface area contributed by atoms with E-state index in [9.17, 15) is 8.78 Å². The van der Waals surface area contributed by atoms with Gasteiger partial charge in [-0.15, -0.1) is 0 Å². The second-order valence-corrected chi connectivity index (χ2v) is 3.67. The van der Waals surface area contributed by atoms with Gasteiger partial charge in [0.05, 0.1) is 6.04 Å². The van der Waals surface area contributed by atoms with Crippen LogP contribution in [-0.4, -0.2) is 6.61 Å². The third kappa shape index (κ3) is 1.23. The number of fused-ring (bicyclic) bond motifs is 1. The number of hydrogen-bond acceptors (Lipinski definition) is 2. The Kier molecular flexibility index (Phi) is 2.00. The van der Waals surface area contributed by atoms with E-state index in [1.54, 1.807) is 0 Å². The molecule has 0 radical (unpaired) electrons. The predicted molar refractivity (Wildman–Crippen MR) is 46.5 cm³/mol. The highest BCUT2D eigenvalue weighted by atomic mass is 79.9. The van der Waals surface area contributed by atoms with Crippen molar-refractivity contribution in [2.75, 3.05) is 6.61 Å². The summed E-state index contributed by atoms with van der Waals surface area (Å²) in [5, 5.41) is 0. The molecule has 70 valence electrons.